The number of hydrogen-bond donors (Lipinski definition) is 2. The van der Waals surface area contributed by atoms with Crippen molar-refractivity contribution in [1.29, 1.82) is 0 Å². The number of nitrogens with zero attached hydrogens (tertiary/aromatic N) is 1. The number of aromatic nitrogens is 1. The van der Waals surface area contributed by atoms with E-state index in [1.165, 1.54) is 12.1 Å². The molecule has 8 nitrogen and oxygen atoms in total. The van der Waals surface area contributed by atoms with Gasteiger partial charge < -0.3 is 24.8 Å². The molecule has 2 amide bonds. The van der Waals surface area contributed by atoms with Gasteiger partial charge in [-0.1, -0.05) is 41.7 Å². The van der Waals surface area contributed by atoms with E-state index in [1.54, 1.807) is 20.8 Å². The third kappa shape index (κ3) is 8.72. The zero-order valence-electron chi connectivity index (χ0n) is 19.1. The first kappa shape index (κ1) is 26.2. The largest absolute Gasteiger partial charge is 0.573 e. The smallest absolute Gasteiger partial charge is 0.444 e. The van der Waals surface area contributed by atoms with Crippen LogP contribution in [0.25, 0.3) is 10.2 Å². The quantitative estimate of drug-likeness (QED) is 0.429. The molecule has 0 unspecified atom stereocenters. The van der Waals surface area contributed by atoms with Crippen molar-refractivity contribution in [3.63, 3.8) is 0 Å². The van der Waals surface area contributed by atoms with Crippen LogP contribution in [-0.4, -0.2) is 41.6 Å². The molecular weight excluding hydrogens is 487 g/mol. The molecule has 0 aliphatic carbocycles. The maximum absolute atomic E-state index is 12.9. The highest BCUT2D eigenvalue weighted by atomic mass is 32.1. The van der Waals surface area contributed by atoms with E-state index in [0.717, 1.165) is 23.0 Å². The molecule has 0 radical (unpaired) electrons. The van der Waals surface area contributed by atoms with Gasteiger partial charge in [0, 0.05) is 6.07 Å². The van der Waals surface area contributed by atoms with Crippen LogP contribution >= 0.6 is 11.3 Å². The predicted molar refractivity (Wildman–Crippen MR) is 124 cm³/mol. The molecule has 1 aromatic heterocycles. The van der Waals surface area contributed by atoms with Crippen LogP contribution in [0.2, 0.25) is 0 Å². The van der Waals surface area contributed by atoms with E-state index in [1.807, 2.05) is 30.3 Å². The summed E-state index contributed by atoms with van der Waals surface area (Å²) in [6.45, 7) is 5.11. The summed E-state index contributed by atoms with van der Waals surface area (Å²) >= 11 is 0.958. The lowest BCUT2D eigenvalue weighted by molar-refractivity contribution is -0.274. The van der Waals surface area contributed by atoms with Gasteiger partial charge in [0.15, 0.2) is 5.13 Å². The molecule has 0 bridgehead atoms. The van der Waals surface area contributed by atoms with Gasteiger partial charge in [0.1, 0.15) is 17.4 Å². The zero-order valence-corrected chi connectivity index (χ0v) is 20.0. The second-order valence-corrected chi connectivity index (χ2v) is 9.42. The van der Waals surface area contributed by atoms with Crippen LogP contribution in [0.5, 0.6) is 5.75 Å². The first-order valence-electron chi connectivity index (χ1n) is 10.5. The Hall–Kier alpha value is -3.38. The Morgan fingerprint density at radius 3 is 2.46 bits per heavy atom. The lowest BCUT2D eigenvalue weighted by atomic mass is 10.2. The molecule has 0 aliphatic heterocycles. The summed E-state index contributed by atoms with van der Waals surface area (Å²) in [4.78, 5) is 29.4. The maximum Gasteiger partial charge on any atom is 0.573 e. The van der Waals surface area contributed by atoms with Crippen molar-refractivity contribution in [3.05, 3.63) is 54.1 Å². The van der Waals surface area contributed by atoms with Crippen LogP contribution in [0.15, 0.2) is 48.5 Å². The normalized spacial score (nSPS) is 12.7. The third-order valence-electron chi connectivity index (χ3n) is 4.23. The van der Waals surface area contributed by atoms with Crippen molar-refractivity contribution in [2.24, 2.45) is 0 Å². The van der Waals surface area contributed by atoms with Crippen molar-refractivity contribution in [1.82, 2.24) is 10.3 Å². The molecule has 3 aromatic rings. The average molecular weight is 512 g/mol. The fourth-order valence-electron chi connectivity index (χ4n) is 2.85. The first-order valence-corrected chi connectivity index (χ1v) is 11.3. The molecule has 2 aromatic carbocycles. The molecule has 1 atom stereocenters. The topological polar surface area (TPSA) is 98.8 Å². The second kappa shape index (κ2) is 10.9. The third-order valence-corrected chi connectivity index (χ3v) is 5.16. The summed E-state index contributed by atoms with van der Waals surface area (Å²) in [5.41, 5.74) is 0.475. The predicted octanol–water partition coefficient (Wildman–Crippen LogP) is 5.24. The van der Waals surface area contributed by atoms with E-state index in [0.29, 0.717) is 10.2 Å². The number of alkyl carbamates (subject to hydrolysis) is 1. The molecular formula is C23H24F3N3O5S. The van der Waals surface area contributed by atoms with Crippen LogP contribution in [0.1, 0.15) is 26.3 Å². The Labute approximate surface area is 203 Å². The van der Waals surface area contributed by atoms with E-state index in [9.17, 15) is 22.8 Å². The number of halogens is 3. The van der Waals surface area contributed by atoms with Crippen molar-refractivity contribution in [3.8, 4) is 5.75 Å². The van der Waals surface area contributed by atoms with Crippen molar-refractivity contribution in [2.45, 2.75) is 45.4 Å². The molecule has 12 heteroatoms. The van der Waals surface area contributed by atoms with E-state index < -0.39 is 35.8 Å². The van der Waals surface area contributed by atoms with Crippen molar-refractivity contribution in [2.75, 3.05) is 11.9 Å². The highest BCUT2D eigenvalue weighted by Gasteiger charge is 2.31. The molecule has 188 valence electrons. The van der Waals surface area contributed by atoms with Gasteiger partial charge in [0.2, 0.25) is 0 Å². The average Bonchev–Trinajstić information content (AvgIpc) is 3.12. The lowest BCUT2D eigenvalue weighted by Gasteiger charge is -2.23. The van der Waals surface area contributed by atoms with Gasteiger partial charge in [0.25, 0.3) is 5.91 Å². The molecule has 35 heavy (non-hydrogen) atoms. The van der Waals surface area contributed by atoms with Gasteiger partial charge in [-0.05, 0) is 38.5 Å². The number of nitrogens with one attached hydrogen (secondary N) is 2. The molecule has 3 rings (SSSR count). The fourth-order valence-corrected chi connectivity index (χ4v) is 3.75. The number of benzene rings is 2. The van der Waals surface area contributed by atoms with Gasteiger partial charge in [0.05, 0.1) is 23.4 Å². The molecule has 0 saturated heterocycles. The second-order valence-electron chi connectivity index (χ2n) is 8.39. The maximum atomic E-state index is 12.9. The van der Waals surface area contributed by atoms with Crippen LogP contribution in [0.4, 0.5) is 23.1 Å². The van der Waals surface area contributed by atoms with Gasteiger partial charge >= 0.3 is 12.5 Å². The first-order chi connectivity index (χ1) is 16.4. The van der Waals surface area contributed by atoms with Crippen LogP contribution in [0.3, 0.4) is 0 Å². The molecule has 2 N–H and O–H groups in total. The number of fused-ring (bicyclic) bond motifs is 1. The minimum absolute atomic E-state index is 0.133. The monoisotopic (exact) mass is 511 g/mol. The number of ether oxygens (including phenoxy) is 3. The Balaban J connectivity index is 1.70. The Bertz CT molecular complexity index is 1160. The number of hydrogen-bond acceptors (Lipinski definition) is 7. The molecule has 0 spiro atoms. The van der Waals surface area contributed by atoms with E-state index in [-0.39, 0.29) is 18.3 Å². The van der Waals surface area contributed by atoms with Crippen molar-refractivity contribution < 1.29 is 37.0 Å². The van der Waals surface area contributed by atoms with Gasteiger partial charge in [-0.15, -0.1) is 13.2 Å². The fraction of sp³-hybridized carbons (Fsp3) is 0.348. The van der Waals surface area contributed by atoms with E-state index in [4.69, 9.17) is 9.47 Å². The number of carbonyl (C=O) groups is 2. The lowest BCUT2D eigenvalue weighted by Crippen LogP contribution is -2.48. The van der Waals surface area contributed by atoms with Crippen LogP contribution in [0, 0.1) is 0 Å². The molecule has 1 heterocycles. The number of alkyl halides is 3. The van der Waals surface area contributed by atoms with Gasteiger partial charge in [-0.25, -0.2) is 9.78 Å². The standard InChI is InChI=1S/C23H24F3N3O5S/c1-22(2,3)34-21(31)28-17(13-32-12-14-7-5-4-6-8-14)19(30)29-20-27-16-10-9-15(11-18(16)35-20)33-23(24,25)26/h4-11,17H,12-13H2,1-3H3,(H,28,31)(H,27,29,30)/t17-/m0/s1. The van der Waals surface area contributed by atoms with E-state index >= 15 is 0 Å². The number of carbonyl (C=O) groups excluding carboxylic acids is 2. The highest BCUT2D eigenvalue weighted by Crippen LogP contribution is 2.31. The van der Waals surface area contributed by atoms with Crippen LogP contribution < -0.4 is 15.4 Å². The Morgan fingerprint density at radius 2 is 1.80 bits per heavy atom. The number of amides is 2. The Kier molecular flexibility index (Phi) is 8.18. The molecule has 0 fully saturated rings. The summed E-state index contributed by atoms with van der Waals surface area (Å²) in [6, 6.07) is 11.8. The summed E-state index contributed by atoms with van der Waals surface area (Å²) in [7, 11) is 0. The van der Waals surface area contributed by atoms with E-state index in [2.05, 4.69) is 20.4 Å². The molecule has 0 saturated carbocycles. The highest BCUT2D eigenvalue weighted by molar-refractivity contribution is 7.22. The number of thiazole rings is 1. The van der Waals surface area contributed by atoms with Crippen molar-refractivity contribution >= 4 is 38.7 Å². The number of anilines is 1. The zero-order chi connectivity index (χ0) is 25.6. The minimum Gasteiger partial charge on any atom is -0.444 e. The van der Waals surface area contributed by atoms with Gasteiger partial charge in [-0.2, -0.15) is 0 Å². The summed E-state index contributed by atoms with van der Waals surface area (Å²) in [5.74, 6) is -1.03. The minimum atomic E-state index is -4.82. The summed E-state index contributed by atoms with van der Waals surface area (Å²) < 4.78 is 52.6. The summed E-state index contributed by atoms with van der Waals surface area (Å²) in [5, 5.41) is 5.19. The summed E-state index contributed by atoms with van der Waals surface area (Å²) in [6.07, 6.45) is -5.63. The number of rotatable bonds is 8. The molecule has 0 aliphatic rings. The Morgan fingerprint density at radius 1 is 1.09 bits per heavy atom. The van der Waals surface area contributed by atoms with Crippen LogP contribution in [-0.2, 0) is 20.9 Å². The SMILES string of the molecule is CC(C)(C)OC(=O)N[C@@H](COCc1ccccc1)C(=O)Nc1nc2ccc(OC(F)(F)F)cc2s1. The van der Waals surface area contributed by atoms with Gasteiger partial charge in [-0.3, -0.25) is 4.79 Å².